The van der Waals surface area contributed by atoms with Crippen molar-refractivity contribution in [1.29, 1.82) is 0 Å². The number of carbonyl (C=O) groups is 1. The van der Waals surface area contributed by atoms with E-state index in [1.807, 2.05) is 0 Å². The predicted octanol–water partition coefficient (Wildman–Crippen LogP) is 3.18. The molecule has 0 N–H and O–H groups in total. The molecule has 1 rings (SSSR count). The Kier molecular flexibility index (Phi) is 2.92. The van der Waals surface area contributed by atoms with Gasteiger partial charge >= 0.3 is 0 Å². The maximum absolute atomic E-state index is 11.3. The monoisotopic (exact) mass is 168 g/mol. The maximum Gasteiger partial charge on any atom is 0.135 e. The molecule has 1 fully saturated rings. The maximum atomic E-state index is 11.3. The number of rotatable bonds is 5. The molecule has 12 heavy (non-hydrogen) atoms. The van der Waals surface area contributed by atoms with Crippen LogP contribution in [0.25, 0.3) is 0 Å². The van der Waals surface area contributed by atoms with E-state index in [-0.39, 0.29) is 5.41 Å². The highest BCUT2D eigenvalue weighted by atomic mass is 16.1. The molecule has 0 aromatic rings. The summed E-state index contributed by atoms with van der Waals surface area (Å²) in [5.41, 5.74) is 0.136. The molecule has 70 valence electrons. The largest absolute Gasteiger partial charge is 0.299 e. The van der Waals surface area contributed by atoms with Crippen LogP contribution in [-0.4, -0.2) is 5.78 Å². The predicted molar refractivity (Wildman–Crippen MR) is 51.0 cm³/mol. The molecule has 1 saturated carbocycles. The molecule has 1 nitrogen and oxygen atoms in total. The molecule has 0 bridgehead atoms. The normalized spacial score (nSPS) is 19.7. The van der Waals surface area contributed by atoms with Gasteiger partial charge in [-0.15, -0.1) is 0 Å². The van der Waals surface area contributed by atoms with Crippen LogP contribution in [0, 0.1) is 11.3 Å². The molecule has 1 aliphatic rings. The van der Waals surface area contributed by atoms with Crippen molar-refractivity contribution in [2.24, 2.45) is 11.3 Å². The first-order valence-corrected chi connectivity index (χ1v) is 5.15. The van der Waals surface area contributed by atoms with Gasteiger partial charge in [0.2, 0.25) is 0 Å². The number of ketones is 1. The zero-order valence-corrected chi connectivity index (χ0v) is 8.52. The van der Waals surface area contributed by atoms with Gasteiger partial charge < -0.3 is 0 Å². The minimum Gasteiger partial charge on any atom is -0.299 e. The lowest BCUT2D eigenvalue weighted by molar-refractivity contribution is -0.122. The molecule has 0 amide bonds. The number of hydrogen-bond acceptors (Lipinski definition) is 1. The third kappa shape index (κ3) is 1.88. The molecule has 0 aromatic carbocycles. The summed E-state index contributed by atoms with van der Waals surface area (Å²) in [4.78, 5) is 11.3. The van der Waals surface area contributed by atoms with Gasteiger partial charge in [0.15, 0.2) is 0 Å². The van der Waals surface area contributed by atoms with Crippen LogP contribution in [-0.2, 0) is 4.79 Å². The molecule has 0 spiro atoms. The van der Waals surface area contributed by atoms with Crippen molar-refractivity contribution >= 4 is 5.78 Å². The summed E-state index contributed by atoms with van der Waals surface area (Å²) in [7, 11) is 0. The second-order valence-corrected chi connectivity index (χ2v) is 4.22. The fourth-order valence-electron chi connectivity index (χ4n) is 1.98. The highest BCUT2D eigenvalue weighted by molar-refractivity contribution is 5.84. The average Bonchev–Trinajstić information content (AvgIpc) is 2.81. The topological polar surface area (TPSA) is 17.1 Å². The average molecular weight is 168 g/mol. The van der Waals surface area contributed by atoms with Crippen LogP contribution in [0.5, 0.6) is 0 Å². The summed E-state index contributed by atoms with van der Waals surface area (Å²) in [6.07, 6.45) is 5.91. The molecule has 0 aromatic heterocycles. The third-order valence-electron chi connectivity index (χ3n) is 3.43. The van der Waals surface area contributed by atoms with Crippen molar-refractivity contribution in [2.75, 3.05) is 0 Å². The second-order valence-electron chi connectivity index (χ2n) is 4.22. The van der Waals surface area contributed by atoms with E-state index in [0.29, 0.717) is 5.78 Å². The lowest BCUT2D eigenvalue weighted by atomic mass is 9.86. The quantitative estimate of drug-likeness (QED) is 0.616. The highest BCUT2D eigenvalue weighted by Gasteiger charge is 2.47. The molecule has 0 atom stereocenters. The first-order chi connectivity index (χ1) is 5.64. The van der Waals surface area contributed by atoms with Crippen LogP contribution in [0.3, 0.4) is 0 Å². The number of carbonyl (C=O) groups excluding carboxylic acids is 1. The third-order valence-corrected chi connectivity index (χ3v) is 3.43. The summed E-state index contributed by atoms with van der Waals surface area (Å²) in [5, 5.41) is 0. The summed E-state index contributed by atoms with van der Waals surface area (Å²) in [6.45, 7) is 6.21. The first-order valence-electron chi connectivity index (χ1n) is 5.15. The second kappa shape index (κ2) is 3.59. The highest BCUT2D eigenvalue weighted by Crippen LogP contribution is 2.52. The van der Waals surface area contributed by atoms with Gasteiger partial charge in [0, 0.05) is 5.41 Å². The Balaban J connectivity index is 2.44. The molecule has 0 saturated heterocycles. The van der Waals surface area contributed by atoms with Gasteiger partial charge in [-0.2, -0.15) is 0 Å². The van der Waals surface area contributed by atoms with E-state index in [0.717, 1.165) is 25.2 Å². The zero-order valence-electron chi connectivity index (χ0n) is 8.52. The summed E-state index contributed by atoms with van der Waals surface area (Å²) in [6, 6.07) is 0. The van der Waals surface area contributed by atoms with E-state index in [9.17, 15) is 4.79 Å². The van der Waals surface area contributed by atoms with E-state index in [1.165, 1.54) is 12.8 Å². The fourth-order valence-corrected chi connectivity index (χ4v) is 1.98. The van der Waals surface area contributed by atoms with Gasteiger partial charge in [-0.1, -0.05) is 26.7 Å². The zero-order chi connectivity index (χ0) is 9.19. The van der Waals surface area contributed by atoms with E-state index >= 15 is 0 Å². The molecular formula is C11H20O. The first kappa shape index (κ1) is 9.76. The molecule has 0 unspecified atom stereocenters. The minimum absolute atomic E-state index is 0.136. The Hall–Kier alpha value is -0.330. The van der Waals surface area contributed by atoms with Gasteiger partial charge in [0.1, 0.15) is 5.78 Å². The van der Waals surface area contributed by atoms with E-state index in [1.54, 1.807) is 6.92 Å². The van der Waals surface area contributed by atoms with Gasteiger partial charge in [0.25, 0.3) is 0 Å². The number of Topliss-reactive ketones (excluding diaryl/α,β-unsaturated/α-hetero) is 1. The summed E-state index contributed by atoms with van der Waals surface area (Å²) < 4.78 is 0. The Labute approximate surface area is 75.5 Å². The van der Waals surface area contributed by atoms with E-state index in [2.05, 4.69) is 13.8 Å². The van der Waals surface area contributed by atoms with Crippen LogP contribution in [0.4, 0.5) is 0 Å². The van der Waals surface area contributed by atoms with Gasteiger partial charge in [-0.05, 0) is 32.1 Å². The van der Waals surface area contributed by atoms with E-state index < -0.39 is 0 Å². The SMILES string of the molecule is CCC(CC)CC1(C(C)=O)CC1. The molecule has 0 heterocycles. The molecule has 0 radical (unpaired) electrons. The van der Waals surface area contributed by atoms with Gasteiger partial charge in [0.05, 0.1) is 0 Å². The smallest absolute Gasteiger partial charge is 0.135 e. The Morgan fingerprint density at radius 3 is 2.08 bits per heavy atom. The molecule has 1 heteroatoms. The van der Waals surface area contributed by atoms with Crippen molar-refractivity contribution < 1.29 is 4.79 Å². The standard InChI is InChI=1S/C11H20O/c1-4-10(5-2)8-11(6-7-11)9(3)12/h10H,4-8H2,1-3H3. The van der Waals surface area contributed by atoms with Crippen molar-refractivity contribution in [2.45, 2.75) is 52.9 Å². The van der Waals surface area contributed by atoms with E-state index in [4.69, 9.17) is 0 Å². The molecule has 0 aliphatic heterocycles. The van der Waals surface area contributed by atoms with Gasteiger partial charge in [-0.3, -0.25) is 4.79 Å². The molecular weight excluding hydrogens is 148 g/mol. The lowest BCUT2D eigenvalue weighted by Gasteiger charge is -2.18. The number of hydrogen-bond donors (Lipinski definition) is 0. The van der Waals surface area contributed by atoms with Crippen LogP contribution in [0.1, 0.15) is 52.9 Å². The lowest BCUT2D eigenvalue weighted by Crippen LogP contribution is -2.16. The fraction of sp³-hybridized carbons (Fsp3) is 0.909. The van der Waals surface area contributed by atoms with Crippen molar-refractivity contribution in [3.05, 3.63) is 0 Å². The van der Waals surface area contributed by atoms with Crippen molar-refractivity contribution in [3.8, 4) is 0 Å². The van der Waals surface area contributed by atoms with Crippen LogP contribution in [0.2, 0.25) is 0 Å². The van der Waals surface area contributed by atoms with Crippen LogP contribution < -0.4 is 0 Å². The van der Waals surface area contributed by atoms with Crippen LogP contribution >= 0.6 is 0 Å². The molecule has 1 aliphatic carbocycles. The van der Waals surface area contributed by atoms with Crippen LogP contribution in [0.15, 0.2) is 0 Å². The summed E-state index contributed by atoms with van der Waals surface area (Å²) in [5.74, 6) is 1.20. The Bertz CT molecular complexity index is 164. The van der Waals surface area contributed by atoms with Gasteiger partial charge in [-0.25, -0.2) is 0 Å². The van der Waals surface area contributed by atoms with Crippen molar-refractivity contribution in [1.82, 2.24) is 0 Å². The Morgan fingerprint density at radius 1 is 1.33 bits per heavy atom. The minimum atomic E-state index is 0.136. The Morgan fingerprint density at radius 2 is 1.83 bits per heavy atom. The summed E-state index contributed by atoms with van der Waals surface area (Å²) >= 11 is 0. The van der Waals surface area contributed by atoms with Crippen molar-refractivity contribution in [3.63, 3.8) is 0 Å².